The summed E-state index contributed by atoms with van der Waals surface area (Å²) in [4.78, 5) is 94.3. The van der Waals surface area contributed by atoms with E-state index >= 15 is 28.8 Å². The van der Waals surface area contributed by atoms with Gasteiger partial charge in [0.15, 0.2) is 0 Å². The molecule has 14 heteroatoms. The monoisotopic (exact) mass is 2200 g/mol. The van der Waals surface area contributed by atoms with Crippen LogP contribution in [0.3, 0.4) is 0 Å². The number of allylic oxidation sites excluding steroid dienone is 6. The predicted molar refractivity (Wildman–Crippen MR) is 613 cm³/mol. The molecule has 12 nitrogen and oxygen atoms in total. The Morgan fingerprint density at radius 2 is 0.310 bits per heavy atom. The van der Waals surface area contributed by atoms with Crippen molar-refractivity contribution in [2.45, 2.75) is 668 Å². The second-order valence-electron chi connectivity index (χ2n) is 43.1. The van der Waals surface area contributed by atoms with Crippen molar-refractivity contribution in [2.75, 3.05) is 0 Å². The first-order valence-corrected chi connectivity index (χ1v) is 73.5. The molecule has 0 aromatic carbocycles. The predicted octanol–water partition coefficient (Wildman–Crippen LogP) is 42.2. The molecule has 2 aliphatic rings. The fraction of sp³-hybridized carbons (Fsp3) is 0.812. The molecule has 0 amide bonds. The van der Waals surface area contributed by atoms with E-state index in [4.69, 9.17) is 18.4 Å². The molecule has 0 saturated carbocycles. The molecule has 0 unspecified atom stereocenters. The summed E-state index contributed by atoms with van der Waals surface area (Å²) in [5, 5.41) is 0. The Kier molecular flexibility index (Phi) is 96.0. The molecule has 820 valence electrons. The topological polar surface area (TPSA) is 158 Å². The van der Waals surface area contributed by atoms with Gasteiger partial charge < -0.3 is 0 Å². The third kappa shape index (κ3) is 76.6. The van der Waals surface area contributed by atoms with E-state index in [0.29, 0.717) is 64.2 Å². The molecular formula is C128H228O12Sn2. The maximum absolute atomic E-state index is 16.3. The molecule has 0 aromatic rings. The van der Waals surface area contributed by atoms with Gasteiger partial charge in [-0.3, -0.25) is 0 Å². The Hall–Kier alpha value is -3.92. The third-order valence-electron chi connectivity index (χ3n) is 29.4. The summed E-state index contributed by atoms with van der Waals surface area (Å²) in [5.74, 6) is -5.05. The number of carbonyl (C=O) groups excluding carboxylic acids is 6. The summed E-state index contributed by atoms with van der Waals surface area (Å²) in [6.07, 6.45) is 132. The summed E-state index contributed by atoms with van der Waals surface area (Å²) >= 11 is -11.7. The average molecular weight is 2200 g/mol. The summed E-state index contributed by atoms with van der Waals surface area (Å²) in [7, 11) is 0. The molecule has 2 rings (SSSR count). The van der Waals surface area contributed by atoms with E-state index < -0.39 is 75.1 Å². The van der Waals surface area contributed by atoms with Crippen molar-refractivity contribution in [2.24, 2.45) is 0 Å². The standard InChI is InChI=1S/3C40H72O4.2C4H9.2Sn/c3*1-3-5-7-9-11-13-15-17-19-21-23-25-27-29-31-33-35-37(39(41)42)38(40(43)44)36-34-32-30-28-26-24-22-20-18-16-14-12-10-8-6-4-2;2*1-3-4-2;;/h3*33-36H,3-32H2,1-2H3,(H,41,42)(H,43,44);2*1,3-4H2,2H3;;/q;;;;;2*+3/p-6/b35-33+,36-34+,38-37?;35-33+,36-34+,38-37-;35-33-,36-34-,38-37?;;;;. The zero-order chi connectivity index (χ0) is 103. The van der Waals surface area contributed by atoms with Crippen LogP contribution < -0.4 is 0 Å². The van der Waals surface area contributed by atoms with Gasteiger partial charge in [-0.15, -0.1) is 0 Å². The van der Waals surface area contributed by atoms with Crippen LogP contribution in [0.25, 0.3) is 0 Å². The van der Waals surface area contributed by atoms with E-state index in [9.17, 15) is 0 Å². The number of unbranched alkanes of at least 4 members (excludes halogenated alkanes) is 86. The molecule has 0 atom stereocenters. The van der Waals surface area contributed by atoms with Gasteiger partial charge in [0.25, 0.3) is 0 Å². The zero-order valence-electron chi connectivity index (χ0n) is 94.7. The third-order valence-corrected chi connectivity index (χ3v) is 43.4. The van der Waals surface area contributed by atoms with Gasteiger partial charge in [0.2, 0.25) is 0 Å². The summed E-state index contributed by atoms with van der Waals surface area (Å²) in [6.45, 7) is 17.7. The molecule has 0 N–H and O–H groups in total. The molecule has 2 aliphatic heterocycles. The molecule has 0 spiro atoms. The van der Waals surface area contributed by atoms with E-state index in [2.05, 4.69) is 41.5 Å². The van der Waals surface area contributed by atoms with Crippen molar-refractivity contribution in [1.29, 1.82) is 0 Å². The zero-order valence-corrected chi connectivity index (χ0v) is 100. The Morgan fingerprint density at radius 1 is 0.183 bits per heavy atom. The average Bonchev–Trinajstić information content (AvgIpc) is 1.70. The maximum atomic E-state index is 16.3. The molecule has 0 aliphatic carbocycles. The van der Waals surface area contributed by atoms with Gasteiger partial charge in [-0.25, -0.2) is 0 Å². The van der Waals surface area contributed by atoms with Crippen LogP contribution in [0.5, 0.6) is 0 Å². The van der Waals surface area contributed by atoms with E-state index in [1.54, 1.807) is 36.5 Å². The van der Waals surface area contributed by atoms with Crippen LogP contribution in [-0.4, -0.2) is 75.1 Å². The molecule has 142 heavy (non-hydrogen) atoms. The number of hydrogen-bond acceptors (Lipinski definition) is 12. The second-order valence-corrected chi connectivity index (χ2v) is 57.3. The Morgan fingerprint density at radius 3 is 0.451 bits per heavy atom. The minimum atomic E-state index is -5.87. The van der Waals surface area contributed by atoms with E-state index in [-0.39, 0.29) is 42.3 Å². The summed E-state index contributed by atoms with van der Waals surface area (Å²) in [6, 6.07) is 0. The van der Waals surface area contributed by atoms with Crippen LogP contribution in [0, 0.1) is 0 Å². The van der Waals surface area contributed by atoms with Crippen LogP contribution in [0.4, 0.5) is 0 Å². The fourth-order valence-electron chi connectivity index (χ4n) is 19.9. The van der Waals surface area contributed by atoms with Gasteiger partial charge in [-0.05, 0) is 0 Å². The number of hydrogen-bond donors (Lipinski definition) is 0. The summed E-state index contributed by atoms with van der Waals surface area (Å²) in [5.41, 5.74) is -0.0251. The Balaban J connectivity index is 2.87. The molecular weight excluding hydrogens is 1970 g/mol. The van der Waals surface area contributed by atoms with E-state index in [1.165, 1.54) is 411 Å². The van der Waals surface area contributed by atoms with Gasteiger partial charge in [-0.2, -0.15) is 0 Å². The van der Waals surface area contributed by atoms with Gasteiger partial charge in [-0.1, -0.05) is 350 Å². The van der Waals surface area contributed by atoms with Gasteiger partial charge in [0.05, 0.1) is 0 Å². The molecule has 0 bridgehead atoms. The van der Waals surface area contributed by atoms with Crippen molar-refractivity contribution in [3.63, 3.8) is 0 Å². The van der Waals surface area contributed by atoms with Crippen molar-refractivity contribution < 1.29 is 47.2 Å². The van der Waals surface area contributed by atoms with Gasteiger partial charge >= 0.3 is 547 Å². The first-order valence-electron chi connectivity index (χ1n) is 62.5. The molecule has 0 fully saturated rings. The van der Waals surface area contributed by atoms with Crippen LogP contribution in [0.1, 0.15) is 659 Å². The molecule has 0 aromatic heterocycles. The fourth-order valence-corrected chi connectivity index (χ4v) is 33.6. The second kappa shape index (κ2) is 102. The van der Waals surface area contributed by atoms with Crippen LogP contribution in [0.15, 0.2) is 106 Å². The summed E-state index contributed by atoms with van der Waals surface area (Å²) < 4.78 is 40.4. The van der Waals surface area contributed by atoms with Crippen molar-refractivity contribution >= 4 is 75.1 Å². The van der Waals surface area contributed by atoms with Crippen molar-refractivity contribution in [3.8, 4) is 0 Å². The van der Waals surface area contributed by atoms with Gasteiger partial charge in [0, 0.05) is 0 Å². The SMILES string of the molecule is CCCCCCCCCCCCCCCC/C=C\C1=C(/C=C\CCCCCCCCCCCCCCCC)C(=O)[O][Sn]([CH2]CCC)([O]C(=O)C(/C=C/CCCCCCCCCCCCCCCC)=C(/C=C/CCCCCCCCCCCCCCCC)C(=O)[O][Sn]2([CH2]CCC)[O]C(=O)C(/C=C/CCCCCCCCCCCCCCCC)=C(/C=C/CCCCCCCCCCCCCCCC)C(=O)[O]2)[O]C1=O. The normalized spacial score (nSPS) is 14.4. The molecule has 0 radical (unpaired) electrons. The Labute approximate surface area is 889 Å². The van der Waals surface area contributed by atoms with E-state index in [1.807, 2.05) is 50.3 Å². The van der Waals surface area contributed by atoms with Crippen molar-refractivity contribution in [3.05, 3.63) is 106 Å². The van der Waals surface area contributed by atoms with Gasteiger partial charge in [0.1, 0.15) is 0 Å². The van der Waals surface area contributed by atoms with Crippen LogP contribution >= 0.6 is 0 Å². The first-order chi connectivity index (χ1) is 69.8. The van der Waals surface area contributed by atoms with E-state index in [0.717, 1.165) is 128 Å². The van der Waals surface area contributed by atoms with Crippen molar-refractivity contribution in [1.82, 2.24) is 0 Å². The number of carbonyl (C=O) groups is 6. The minimum absolute atomic E-state index is 0.0210. The first kappa shape index (κ1) is 134. The molecule has 0 saturated heterocycles. The van der Waals surface area contributed by atoms with Crippen LogP contribution in [-0.2, 0) is 47.2 Å². The Bertz CT molecular complexity index is 2950. The van der Waals surface area contributed by atoms with Crippen LogP contribution in [0.2, 0.25) is 8.87 Å². The molecule has 2 heterocycles. The quantitative estimate of drug-likeness (QED) is 0.0246. The number of rotatable bonds is 106.